The topological polar surface area (TPSA) is 49.4 Å². The third kappa shape index (κ3) is 2.46. The lowest BCUT2D eigenvalue weighted by Crippen LogP contribution is -2.39. The maximum absolute atomic E-state index is 11.9. The maximum atomic E-state index is 11.9. The molecule has 0 fully saturated rings. The third-order valence-electron chi connectivity index (χ3n) is 2.95. The maximum Gasteiger partial charge on any atom is 0.246 e. The standard InChI is InChI=1S/C13H16N2O2/c1-2-12(16)14-9-13(17)15-8-7-10-5-3-4-6-11(10)15/h3-6H,2,7-9H2,1H3,(H,14,16). The lowest BCUT2D eigenvalue weighted by Gasteiger charge is -2.17. The molecule has 0 atom stereocenters. The Morgan fingerprint density at radius 3 is 2.88 bits per heavy atom. The monoisotopic (exact) mass is 232 g/mol. The van der Waals surface area contributed by atoms with E-state index in [1.165, 1.54) is 5.56 Å². The zero-order valence-electron chi connectivity index (χ0n) is 9.90. The summed E-state index contributed by atoms with van der Waals surface area (Å²) in [5.41, 5.74) is 2.17. The minimum atomic E-state index is -0.0918. The predicted octanol–water partition coefficient (Wildman–Crippen LogP) is 1.10. The summed E-state index contributed by atoms with van der Waals surface area (Å²) in [4.78, 5) is 24.8. The molecule has 1 heterocycles. The van der Waals surface area contributed by atoms with Gasteiger partial charge in [-0.1, -0.05) is 25.1 Å². The Morgan fingerprint density at radius 1 is 1.35 bits per heavy atom. The first kappa shape index (κ1) is 11.6. The van der Waals surface area contributed by atoms with Crippen LogP contribution in [0.5, 0.6) is 0 Å². The number of hydrogen-bond acceptors (Lipinski definition) is 2. The highest BCUT2D eigenvalue weighted by Gasteiger charge is 2.23. The molecule has 4 heteroatoms. The van der Waals surface area contributed by atoms with Gasteiger partial charge in [0.05, 0.1) is 6.54 Å². The number of amides is 2. The molecule has 0 aromatic heterocycles. The molecule has 1 aliphatic rings. The SMILES string of the molecule is CCC(=O)NCC(=O)N1CCc2ccccc21. The zero-order valence-corrected chi connectivity index (χ0v) is 9.90. The highest BCUT2D eigenvalue weighted by atomic mass is 16.2. The minimum Gasteiger partial charge on any atom is -0.347 e. The van der Waals surface area contributed by atoms with Gasteiger partial charge in [0.1, 0.15) is 0 Å². The van der Waals surface area contributed by atoms with E-state index in [0.717, 1.165) is 12.1 Å². The number of carbonyl (C=O) groups excluding carboxylic acids is 2. The summed E-state index contributed by atoms with van der Waals surface area (Å²) in [6, 6.07) is 7.88. The van der Waals surface area contributed by atoms with E-state index in [2.05, 4.69) is 5.32 Å². The molecule has 0 saturated heterocycles. The molecule has 1 aromatic rings. The Bertz CT molecular complexity index is 443. The van der Waals surface area contributed by atoms with E-state index >= 15 is 0 Å². The first-order chi connectivity index (χ1) is 8.22. The van der Waals surface area contributed by atoms with Gasteiger partial charge in [-0.15, -0.1) is 0 Å². The fourth-order valence-electron chi connectivity index (χ4n) is 1.99. The Morgan fingerprint density at radius 2 is 2.12 bits per heavy atom. The molecule has 2 amide bonds. The normalized spacial score (nSPS) is 13.4. The van der Waals surface area contributed by atoms with Crippen molar-refractivity contribution in [2.45, 2.75) is 19.8 Å². The lowest BCUT2D eigenvalue weighted by molar-refractivity contribution is -0.124. The van der Waals surface area contributed by atoms with Crippen LogP contribution in [0, 0.1) is 0 Å². The van der Waals surface area contributed by atoms with Crippen LogP contribution in [0.4, 0.5) is 5.69 Å². The van der Waals surface area contributed by atoms with Gasteiger partial charge >= 0.3 is 0 Å². The molecule has 17 heavy (non-hydrogen) atoms. The molecule has 90 valence electrons. The van der Waals surface area contributed by atoms with Crippen LogP contribution in [0.25, 0.3) is 0 Å². The molecule has 0 unspecified atom stereocenters. The van der Waals surface area contributed by atoms with Gasteiger partial charge < -0.3 is 10.2 Å². The van der Waals surface area contributed by atoms with Gasteiger partial charge in [-0.25, -0.2) is 0 Å². The zero-order chi connectivity index (χ0) is 12.3. The summed E-state index contributed by atoms with van der Waals surface area (Å²) in [5, 5.41) is 2.61. The van der Waals surface area contributed by atoms with E-state index in [1.807, 2.05) is 24.3 Å². The number of nitrogens with one attached hydrogen (secondary N) is 1. The number of benzene rings is 1. The quantitative estimate of drug-likeness (QED) is 0.848. The van der Waals surface area contributed by atoms with Crippen molar-refractivity contribution in [3.8, 4) is 0 Å². The lowest BCUT2D eigenvalue weighted by atomic mass is 10.2. The molecular weight excluding hydrogens is 216 g/mol. The molecule has 4 nitrogen and oxygen atoms in total. The minimum absolute atomic E-state index is 0.0447. The second kappa shape index (κ2) is 4.99. The van der Waals surface area contributed by atoms with Gasteiger partial charge in [0.25, 0.3) is 0 Å². The van der Waals surface area contributed by atoms with Crippen LogP contribution in [0.3, 0.4) is 0 Å². The highest BCUT2D eigenvalue weighted by Crippen LogP contribution is 2.27. The Hall–Kier alpha value is -1.84. The van der Waals surface area contributed by atoms with Crippen molar-refractivity contribution in [2.75, 3.05) is 18.0 Å². The summed E-state index contributed by atoms with van der Waals surface area (Å²) in [6.07, 6.45) is 1.30. The van der Waals surface area contributed by atoms with Gasteiger partial charge in [0.15, 0.2) is 0 Å². The molecular formula is C13H16N2O2. The van der Waals surface area contributed by atoms with Gasteiger partial charge in [0, 0.05) is 18.7 Å². The van der Waals surface area contributed by atoms with E-state index in [1.54, 1.807) is 11.8 Å². The van der Waals surface area contributed by atoms with E-state index in [9.17, 15) is 9.59 Å². The second-order valence-electron chi connectivity index (χ2n) is 4.05. The summed E-state index contributed by atoms with van der Waals surface area (Å²) in [5.74, 6) is -0.136. The Labute approximate surface area is 101 Å². The van der Waals surface area contributed by atoms with Gasteiger partial charge in [-0.3, -0.25) is 9.59 Å². The molecule has 1 N–H and O–H groups in total. The molecule has 0 radical (unpaired) electrons. The van der Waals surface area contributed by atoms with Crippen molar-refractivity contribution in [1.29, 1.82) is 0 Å². The number of fused-ring (bicyclic) bond motifs is 1. The average molecular weight is 232 g/mol. The van der Waals surface area contributed by atoms with Gasteiger partial charge in [0.2, 0.25) is 11.8 Å². The first-order valence-electron chi connectivity index (χ1n) is 5.87. The molecule has 0 saturated carbocycles. The summed E-state index contributed by atoms with van der Waals surface area (Å²) in [7, 11) is 0. The van der Waals surface area contributed by atoms with Crippen LogP contribution in [0.2, 0.25) is 0 Å². The summed E-state index contributed by atoms with van der Waals surface area (Å²) >= 11 is 0. The Kier molecular flexibility index (Phi) is 3.42. The van der Waals surface area contributed by atoms with E-state index in [-0.39, 0.29) is 18.4 Å². The molecule has 1 aromatic carbocycles. The van der Waals surface area contributed by atoms with E-state index < -0.39 is 0 Å². The molecule has 0 bridgehead atoms. The van der Waals surface area contributed by atoms with Crippen molar-refractivity contribution >= 4 is 17.5 Å². The van der Waals surface area contributed by atoms with Crippen LogP contribution in [0.1, 0.15) is 18.9 Å². The predicted molar refractivity (Wildman–Crippen MR) is 65.8 cm³/mol. The number of para-hydroxylation sites is 1. The largest absolute Gasteiger partial charge is 0.347 e. The Balaban J connectivity index is 2.00. The first-order valence-corrected chi connectivity index (χ1v) is 5.87. The van der Waals surface area contributed by atoms with Crippen molar-refractivity contribution < 1.29 is 9.59 Å². The molecule has 0 spiro atoms. The number of carbonyl (C=O) groups is 2. The van der Waals surface area contributed by atoms with Crippen molar-refractivity contribution in [2.24, 2.45) is 0 Å². The number of anilines is 1. The third-order valence-corrected chi connectivity index (χ3v) is 2.95. The van der Waals surface area contributed by atoms with Crippen molar-refractivity contribution in [1.82, 2.24) is 5.32 Å². The van der Waals surface area contributed by atoms with Crippen LogP contribution < -0.4 is 10.2 Å². The van der Waals surface area contributed by atoms with Gasteiger partial charge in [-0.05, 0) is 18.1 Å². The van der Waals surface area contributed by atoms with E-state index in [4.69, 9.17) is 0 Å². The van der Waals surface area contributed by atoms with Crippen molar-refractivity contribution in [3.63, 3.8) is 0 Å². The smallest absolute Gasteiger partial charge is 0.246 e. The average Bonchev–Trinajstić information content (AvgIpc) is 2.79. The highest BCUT2D eigenvalue weighted by molar-refractivity contribution is 5.98. The number of rotatable bonds is 3. The van der Waals surface area contributed by atoms with Crippen LogP contribution in [-0.2, 0) is 16.0 Å². The summed E-state index contributed by atoms with van der Waals surface area (Å²) in [6.45, 7) is 2.56. The number of hydrogen-bond donors (Lipinski definition) is 1. The molecule has 0 aliphatic carbocycles. The second-order valence-corrected chi connectivity index (χ2v) is 4.05. The fourth-order valence-corrected chi connectivity index (χ4v) is 1.99. The molecule has 1 aliphatic heterocycles. The van der Waals surface area contributed by atoms with Crippen molar-refractivity contribution in [3.05, 3.63) is 29.8 Å². The van der Waals surface area contributed by atoms with Gasteiger partial charge in [-0.2, -0.15) is 0 Å². The van der Waals surface area contributed by atoms with E-state index in [0.29, 0.717) is 13.0 Å². The fraction of sp³-hybridized carbons (Fsp3) is 0.385. The van der Waals surface area contributed by atoms with Crippen LogP contribution >= 0.6 is 0 Å². The van der Waals surface area contributed by atoms with Crippen LogP contribution in [0.15, 0.2) is 24.3 Å². The van der Waals surface area contributed by atoms with Crippen LogP contribution in [-0.4, -0.2) is 24.9 Å². The summed E-state index contributed by atoms with van der Waals surface area (Å²) < 4.78 is 0. The number of nitrogens with zero attached hydrogens (tertiary/aromatic N) is 1. The molecule has 2 rings (SSSR count).